The molecular weight excluding hydrogens is 330 g/mol. The van der Waals surface area contributed by atoms with E-state index < -0.39 is 0 Å². The molecule has 0 radical (unpaired) electrons. The highest BCUT2D eigenvalue weighted by molar-refractivity contribution is 9.10. The van der Waals surface area contributed by atoms with Gasteiger partial charge in [0.1, 0.15) is 5.75 Å². The van der Waals surface area contributed by atoms with E-state index in [4.69, 9.17) is 9.47 Å². The van der Waals surface area contributed by atoms with E-state index in [0.29, 0.717) is 5.92 Å². The Morgan fingerprint density at radius 1 is 1.43 bits per heavy atom. The summed E-state index contributed by atoms with van der Waals surface area (Å²) in [4.78, 5) is 0. The molecule has 1 aromatic carbocycles. The number of methoxy groups -OCH3 is 1. The van der Waals surface area contributed by atoms with E-state index >= 15 is 0 Å². The minimum Gasteiger partial charge on any atom is -0.493 e. The summed E-state index contributed by atoms with van der Waals surface area (Å²) in [6.07, 6.45) is 4.57. The molecular formula is C17H26BrNO2. The maximum absolute atomic E-state index is 5.85. The predicted octanol–water partition coefficient (Wildman–Crippen LogP) is 3.58. The summed E-state index contributed by atoms with van der Waals surface area (Å²) in [5.41, 5.74) is 2.70. The molecule has 1 unspecified atom stereocenters. The monoisotopic (exact) mass is 355 g/mol. The third-order valence-corrected chi connectivity index (χ3v) is 4.40. The lowest BCUT2D eigenvalue weighted by molar-refractivity contribution is 0.197. The highest BCUT2D eigenvalue weighted by atomic mass is 79.9. The van der Waals surface area contributed by atoms with E-state index in [2.05, 4.69) is 40.3 Å². The zero-order valence-corrected chi connectivity index (χ0v) is 14.7. The first-order valence-electron chi connectivity index (χ1n) is 7.88. The third-order valence-electron chi connectivity index (χ3n) is 3.95. The van der Waals surface area contributed by atoms with Crippen LogP contribution in [0.15, 0.2) is 16.6 Å². The topological polar surface area (TPSA) is 30.5 Å². The first-order valence-corrected chi connectivity index (χ1v) is 8.67. The van der Waals surface area contributed by atoms with Gasteiger partial charge < -0.3 is 14.8 Å². The standard InChI is InChI=1S/C17H26BrNO2/c1-3-4-13(12-19-6-8-20-2)9-15-11-16(18)10-14-5-7-21-17(14)15/h10-11,13,19H,3-9,12H2,1-2H3. The molecule has 1 aliphatic rings. The van der Waals surface area contributed by atoms with Gasteiger partial charge >= 0.3 is 0 Å². The Balaban J connectivity index is 1.99. The van der Waals surface area contributed by atoms with Gasteiger partial charge in [0.05, 0.1) is 13.2 Å². The average molecular weight is 356 g/mol. The van der Waals surface area contributed by atoms with Crippen molar-refractivity contribution < 1.29 is 9.47 Å². The molecule has 1 atom stereocenters. The van der Waals surface area contributed by atoms with Gasteiger partial charge in [-0.25, -0.2) is 0 Å². The van der Waals surface area contributed by atoms with Gasteiger partial charge in [-0.05, 0) is 48.6 Å². The van der Waals surface area contributed by atoms with Crippen molar-refractivity contribution in [1.29, 1.82) is 0 Å². The fourth-order valence-electron chi connectivity index (χ4n) is 2.97. The number of halogens is 1. The number of ether oxygens (including phenoxy) is 2. The van der Waals surface area contributed by atoms with Crippen molar-refractivity contribution in [2.24, 2.45) is 5.92 Å². The number of benzene rings is 1. The summed E-state index contributed by atoms with van der Waals surface area (Å²) in [5.74, 6) is 1.78. The molecule has 0 amide bonds. The fraction of sp³-hybridized carbons (Fsp3) is 0.647. The number of hydrogen-bond donors (Lipinski definition) is 1. The molecule has 1 heterocycles. The SMILES string of the molecule is CCCC(CNCCOC)Cc1cc(Br)cc2c1OCC2. The van der Waals surface area contributed by atoms with Crippen LogP contribution >= 0.6 is 15.9 Å². The molecule has 3 nitrogen and oxygen atoms in total. The molecule has 0 fully saturated rings. The molecule has 0 saturated carbocycles. The van der Waals surface area contributed by atoms with Gasteiger partial charge in [-0.15, -0.1) is 0 Å². The Hall–Kier alpha value is -0.580. The molecule has 1 N–H and O–H groups in total. The van der Waals surface area contributed by atoms with E-state index in [1.165, 1.54) is 28.4 Å². The molecule has 21 heavy (non-hydrogen) atoms. The lowest BCUT2D eigenvalue weighted by Crippen LogP contribution is -2.27. The van der Waals surface area contributed by atoms with Crippen LogP contribution in [0, 0.1) is 5.92 Å². The fourth-order valence-corrected chi connectivity index (χ4v) is 3.53. The smallest absolute Gasteiger partial charge is 0.125 e. The van der Waals surface area contributed by atoms with Gasteiger partial charge in [-0.1, -0.05) is 29.3 Å². The minimum absolute atomic E-state index is 0.648. The van der Waals surface area contributed by atoms with Crippen LogP contribution in [-0.2, 0) is 17.6 Å². The molecule has 0 saturated heterocycles. The van der Waals surface area contributed by atoms with Crippen molar-refractivity contribution >= 4 is 15.9 Å². The van der Waals surface area contributed by atoms with Crippen LogP contribution in [-0.4, -0.2) is 33.4 Å². The summed E-state index contributed by atoms with van der Waals surface area (Å²) < 4.78 is 12.1. The van der Waals surface area contributed by atoms with Crippen molar-refractivity contribution in [2.45, 2.75) is 32.6 Å². The summed E-state index contributed by atoms with van der Waals surface area (Å²) in [5, 5.41) is 3.50. The van der Waals surface area contributed by atoms with E-state index in [-0.39, 0.29) is 0 Å². The first kappa shape index (κ1) is 16.8. The van der Waals surface area contributed by atoms with Crippen molar-refractivity contribution in [2.75, 3.05) is 33.4 Å². The number of nitrogens with one attached hydrogen (secondary N) is 1. The lowest BCUT2D eigenvalue weighted by atomic mass is 9.93. The maximum atomic E-state index is 5.85. The zero-order chi connectivity index (χ0) is 15.1. The summed E-state index contributed by atoms with van der Waals surface area (Å²) in [7, 11) is 1.74. The van der Waals surface area contributed by atoms with Crippen molar-refractivity contribution in [1.82, 2.24) is 5.32 Å². The van der Waals surface area contributed by atoms with Gasteiger partial charge in [0.25, 0.3) is 0 Å². The molecule has 118 valence electrons. The number of rotatable bonds is 9. The lowest BCUT2D eigenvalue weighted by Gasteiger charge is -2.19. The minimum atomic E-state index is 0.648. The van der Waals surface area contributed by atoms with E-state index in [1.807, 2.05) is 0 Å². The molecule has 4 heteroatoms. The van der Waals surface area contributed by atoms with Crippen LogP contribution in [0.1, 0.15) is 30.9 Å². The zero-order valence-electron chi connectivity index (χ0n) is 13.1. The molecule has 2 rings (SSSR count). The van der Waals surface area contributed by atoms with E-state index in [0.717, 1.165) is 44.9 Å². The van der Waals surface area contributed by atoms with Gasteiger partial charge in [0.2, 0.25) is 0 Å². The van der Waals surface area contributed by atoms with Crippen molar-refractivity contribution in [3.63, 3.8) is 0 Å². The molecule has 0 bridgehead atoms. The second kappa shape index (κ2) is 8.76. The van der Waals surface area contributed by atoms with Gasteiger partial charge in [0.15, 0.2) is 0 Å². The van der Waals surface area contributed by atoms with Crippen LogP contribution in [0.3, 0.4) is 0 Å². The predicted molar refractivity (Wildman–Crippen MR) is 90.2 cm³/mol. The summed E-state index contributed by atoms with van der Waals surface area (Å²) in [6.45, 7) is 5.81. The van der Waals surface area contributed by atoms with Crippen molar-refractivity contribution in [3.8, 4) is 5.75 Å². The Bertz CT molecular complexity index is 451. The summed E-state index contributed by atoms with van der Waals surface area (Å²) >= 11 is 3.63. The summed E-state index contributed by atoms with van der Waals surface area (Å²) in [6, 6.07) is 4.42. The second-order valence-electron chi connectivity index (χ2n) is 5.71. The normalized spacial score (nSPS) is 14.8. The van der Waals surface area contributed by atoms with Gasteiger partial charge in [-0.2, -0.15) is 0 Å². The third kappa shape index (κ3) is 4.97. The Morgan fingerprint density at radius 3 is 3.05 bits per heavy atom. The maximum Gasteiger partial charge on any atom is 0.125 e. The number of hydrogen-bond acceptors (Lipinski definition) is 3. The van der Waals surface area contributed by atoms with E-state index in [9.17, 15) is 0 Å². The Labute approximate surface area is 136 Å². The molecule has 1 aromatic rings. The quantitative estimate of drug-likeness (QED) is 0.686. The van der Waals surface area contributed by atoms with Crippen molar-refractivity contribution in [3.05, 3.63) is 27.7 Å². The molecule has 0 aliphatic carbocycles. The highest BCUT2D eigenvalue weighted by Crippen LogP contribution is 2.34. The molecule has 0 spiro atoms. The average Bonchev–Trinajstić information content (AvgIpc) is 2.92. The first-order chi connectivity index (χ1) is 10.2. The van der Waals surface area contributed by atoms with E-state index in [1.54, 1.807) is 7.11 Å². The van der Waals surface area contributed by atoms with Crippen LogP contribution in [0.4, 0.5) is 0 Å². The Morgan fingerprint density at radius 2 is 2.29 bits per heavy atom. The van der Waals surface area contributed by atoms with Crippen LogP contribution < -0.4 is 10.1 Å². The Kier molecular flexibility index (Phi) is 7.00. The largest absolute Gasteiger partial charge is 0.493 e. The number of fused-ring (bicyclic) bond motifs is 1. The second-order valence-corrected chi connectivity index (χ2v) is 6.62. The highest BCUT2D eigenvalue weighted by Gasteiger charge is 2.19. The molecule has 0 aromatic heterocycles. The van der Waals surface area contributed by atoms with Crippen LogP contribution in [0.2, 0.25) is 0 Å². The van der Waals surface area contributed by atoms with Gasteiger partial charge in [0, 0.05) is 24.5 Å². The molecule has 1 aliphatic heterocycles. The van der Waals surface area contributed by atoms with Crippen LogP contribution in [0.25, 0.3) is 0 Å². The van der Waals surface area contributed by atoms with Gasteiger partial charge in [-0.3, -0.25) is 0 Å². The van der Waals surface area contributed by atoms with Crippen LogP contribution in [0.5, 0.6) is 5.75 Å².